The maximum atomic E-state index is 12.4. The van der Waals surface area contributed by atoms with Gasteiger partial charge in [0, 0.05) is 34.8 Å². The van der Waals surface area contributed by atoms with Crippen LogP contribution in [0.3, 0.4) is 0 Å². The van der Waals surface area contributed by atoms with Gasteiger partial charge in [0.25, 0.3) is 11.6 Å². The number of fused-ring (bicyclic) bond motifs is 1. The van der Waals surface area contributed by atoms with E-state index in [1.807, 2.05) is 35.2 Å². The summed E-state index contributed by atoms with van der Waals surface area (Å²) in [5.74, 6) is -0.206. The molecule has 0 aliphatic rings. The fourth-order valence-electron chi connectivity index (χ4n) is 2.95. The van der Waals surface area contributed by atoms with Gasteiger partial charge in [0.05, 0.1) is 27.7 Å². The van der Waals surface area contributed by atoms with Crippen molar-refractivity contribution in [3.05, 3.63) is 86.9 Å². The van der Waals surface area contributed by atoms with Gasteiger partial charge in [-0.2, -0.15) is 0 Å². The molecule has 7 nitrogen and oxygen atoms in total. The van der Waals surface area contributed by atoms with Gasteiger partial charge in [-0.25, -0.2) is 0 Å². The van der Waals surface area contributed by atoms with Crippen LogP contribution in [0.5, 0.6) is 0 Å². The van der Waals surface area contributed by atoms with Gasteiger partial charge in [0.15, 0.2) is 0 Å². The third-order valence-corrected chi connectivity index (χ3v) is 5.39. The Bertz CT molecular complexity index is 1200. The molecule has 0 saturated heterocycles. The number of hydrogen-bond acceptors (Lipinski definition) is 5. The van der Waals surface area contributed by atoms with Crippen molar-refractivity contribution in [2.45, 2.75) is 6.54 Å². The molecule has 0 radical (unpaired) electrons. The summed E-state index contributed by atoms with van der Waals surface area (Å²) in [7, 11) is 0. The van der Waals surface area contributed by atoms with E-state index in [0.717, 1.165) is 15.6 Å². The van der Waals surface area contributed by atoms with Crippen LogP contribution >= 0.6 is 11.3 Å². The maximum absolute atomic E-state index is 12.4. The van der Waals surface area contributed by atoms with Crippen LogP contribution in [-0.2, 0) is 6.54 Å². The fraction of sp³-hybridized carbons (Fsp3) is 0.0500. The van der Waals surface area contributed by atoms with Gasteiger partial charge in [-0.15, -0.1) is 11.3 Å². The molecular formula is C20H16N4O3S. The minimum absolute atomic E-state index is 0.0699. The predicted molar refractivity (Wildman–Crippen MR) is 111 cm³/mol. The molecule has 0 saturated carbocycles. The number of para-hydroxylation sites is 2. The topological polar surface area (TPSA) is 103 Å². The van der Waals surface area contributed by atoms with Crippen LogP contribution in [0.15, 0.2) is 67.0 Å². The Labute approximate surface area is 164 Å². The number of nitrogens with zero attached hydrogens (tertiary/aromatic N) is 2. The Hall–Kier alpha value is -3.65. The second-order valence-electron chi connectivity index (χ2n) is 6.31. The van der Waals surface area contributed by atoms with E-state index in [9.17, 15) is 14.9 Å². The molecule has 2 aromatic carbocycles. The molecule has 2 aromatic heterocycles. The van der Waals surface area contributed by atoms with Crippen LogP contribution in [0.25, 0.3) is 10.8 Å². The SMILES string of the molecule is Nc1ccccc1NC(=O)c1ccc(Cn2cc3ccc([N+](=O)[O-])cc3c2)s1. The van der Waals surface area contributed by atoms with Gasteiger partial charge in [-0.1, -0.05) is 12.1 Å². The normalized spacial score (nSPS) is 10.9. The number of nitro groups is 1. The Morgan fingerprint density at radius 2 is 1.89 bits per heavy atom. The number of rotatable bonds is 5. The van der Waals surface area contributed by atoms with Crippen molar-refractivity contribution < 1.29 is 9.72 Å². The second kappa shape index (κ2) is 7.16. The Balaban J connectivity index is 1.50. The highest BCUT2D eigenvalue weighted by atomic mass is 32.1. The average molecular weight is 392 g/mol. The molecule has 0 atom stereocenters. The average Bonchev–Trinajstić information content (AvgIpc) is 3.29. The van der Waals surface area contributed by atoms with Gasteiger partial charge in [0.2, 0.25) is 0 Å². The smallest absolute Gasteiger partial charge is 0.270 e. The highest BCUT2D eigenvalue weighted by Gasteiger charge is 2.12. The Morgan fingerprint density at radius 3 is 2.68 bits per heavy atom. The predicted octanol–water partition coefficient (Wildman–Crippen LogP) is 4.49. The number of carbonyl (C=O) groups is 1. The van der Waals surface area contributed by atoms with Crippen LogP contribution in [0.4, 0.5) is 17.1 Å². The molecule has 3 N–H and O–H groups in total. The summed E-state index contributed by atoms with van der Waals surface area (Å²) >= 11 is 1.40. The Kier molecular flexibility index (Phi) is 4.54. The molecule has 1 amide bonds. The molecule has 8 heteroatoms. The van der Waals surface area contributed by atoms with Crippen LogP contribution in [0.2, 0.25) is 0 Å². The first-order chi connectivity index (χ1) is 13.5. The van der Waals surface area contributed by atoms with E-state index in [0.29, 0.717) is 22.8 Å². The molecule has 28 heavy (non-hydrogen) atoms. The van der Waals surface area contributed by atoms with Gasteiger partial charge in [-0.05, 0) is 35.7 Å². The number of carbonyl (C=O) groups excluding carboxylic acids is 1. The number of anilines is 2. The van der Waals surface area contributed by atoms with Crippen molar-refractivity contribution in [3.63, 3.8) is 0 Å². The van der Waals surface area contributed by atoms with Crippen molar-refractivity contribution in [2.75, 3.05) is 11.1 Å². The number of hydrogen-bond donors (Lipinski definition) is 2. The molecule has 4 rings (SSSR count). The summed E-state index contributed by atoms with van der Waals surface area (Å²) in [5.41, 5.74) is 7.03. The van der Waals surface area contributed by atoms with E-state index in [1.54, 1.807) is 30.3 Å². The zero-order chi connectivity index (χ0) is 19.7. The maximum Gasteiger partial charge on any atom is 0.270 e. The molecule has 0 bridgehead atoms. The lowest BCUT2D eigenvalue weighted by Crippen LogP contribution is -2.11. The lowest BCUT2D eigenvalue weighted by Gasteiger charge is -2.06. The Morgan fingerprint density at radius 1 is 1.11 bits per heavy atom. The van der Waals surface area contributed by atoms with Crippen molar-refractivity contribution in [2.24, 2.45) is 0 Å². The quantitative estimate of drug-likeness (QED) is 0.297. The summed E-state index contributed by atoms with van der Waals surface area (Å²) in [6.07, 6.45) is 3.80. The van der Waals surface area contributed by atoms with Crippen LogP contribution in [-0.4, -0.2) is 15.4 Å². The molecule has 4 aromatic rings. The van der Waals surface area contributed by atoms with E-state index < -0.39 is 4.92 Å². The van der Waals surface area contributed by atoms with Gasteiger partial charge >= 0.3 is 0 Å². The van der Waals surface area contributed by atoms with Crippen LogP contribution < -0.4 is 11.1 Å². The standard InChI is InChI=1S/C20H16N4O3S/c21-17-3-1-2-4-18(17)22-20(25)19-8-7-16(28-19)12-23-10-13-5-6-15(24(26)27)9-14(13)11-23/h1-11H,12,21H2,(H,22,25). The number of aromatic nitrogens is 1. The molecule has 2 heterocycles. The largest absolute Gasteiger partial charge is 0.397 e. The number of benzene rings is 2. The van der Waals surface area contributed by atoms with E-state index >= 15 is 0 Å². The van der Waals surface area contributed by atoms with Gasteiger partial charge < -0.3 is 15.6 Å². The van der Waals surface area contributed by atoms with E-state index in [4.69, 9.17) is 5.73 Å². The van der Waals surface area contributed by atoms with E-state index in [1.165, 1.54) is 17.4 Å². The van der Waals surface area contributed by atoms with E-state index in [-0.39, 0.29) is 11.6 Å². The highest BCUT2D eigenvalue weighted by molar-refractivity contribution is 7.14. The highest BCUT2D eigenvalue weighted by Crippen LogP contribution is 2.25. The minimum Gasteiger partial charge on any atom is -0.397 e. The van der Waals surface area contributed by atoms with Crippen molar-refractivity contribution in [3.8, 4) is 0 Å². The van der Waals surface area contributed by atoms with Gasteiger partial charge in [-0.3, -0.25) is 14.9 Å². The number of thiophene rings is 1. The summed E-state index contributed by atoms with van der Waals surface area (Å²) in [6.45, 7) is 0.577. The molecular weight excluding hydrogens is 376 g/mol. The summed E-state index contributed by atoms with van der Waals surface area (Å²) in [4.78, 5) is 24.6. The first-order valence-corrected chi connectivity index (χ1v) is 9.30. The number of non-ortho nitro benzene ring substituents is 1. The summed E-state index contributed by atoms with van der Waals surface area (Å²) < 4.78 is 1.96. The lowest BCUT2D eigenvalue weighted by atomic mass is 10.2. The number of nitrogen functional groups attached to an aromatic ring is 1. The minimum atomic E-state index is -0.402. The van der Waals surface area contributed by atoms with Crippen molar-refractivity contribution in [1.82, 2.24) is 4.57 Å². The fourth-order valence-corrected chi connectivity index (χ4v) is 3.86. The molecule has 0 aliphatic carbocycles. The van der Waals surface area contributed by atoms with Crippen LogP contribution in [0, 0.1) is 10.1 Å². The first kappa shape index (κ1) is 17.7. The molecule has 140 valence electrons. The monoisotopic (exact) mass is 392 g/mol. The summed E-state index contributed by atoms with van der Waals surface area (Å²) in [5, 5.41) is 15.5. The number of nitrogens with two attached hydrogens (primary N) is 1. The first-order valence-electron chi connectivity index (χ1n) is 8.48. The van der Waals surface area contributed by atoms with Crippen molar-refractivity contribution >= 4 is 45.1 Å². The van der Waals surface area contributed by atoms with Crippen LogP contribution in [0.1, 0.15) is 14.5 Å². The zero-order valence-corrected chi connectivity index (χ0v) is 15.5. The zero-order valence-electron chi connectivity index (χ0n) is 14.7. The molecule has 0 spiro atoms. The van der Waals surface area contributed by atoms with E-state index in [2.05, 4.69) is 5.32 Å². The number of amides is 1. The lowest BCUT2D eigenvalue weighted by molar-refractivity contribution is -0.384. The number of nitrogens with one attached hydrogen (secondary N) is 1. The number of nitro benzene ring substituents is 1. The summed E-state index contributed by atoms with van der Waals surface area (Å²) in [6, 6.07) is 15.6. The molecule has 0 aliphatic heterocycles. The third kappa shape index (κ3) is 3.58. The van der Waals surface area contributed by atoms with Crippen molar-refractivity contribution in [1.29, 1.82) is 0 Å². The molecule has 0 unspecified atom stereocenters. The second-order valence-corrected chi connectivity index (χ2v) is 7.48. The third-order valence-electron chi connectivity index (χ3n) is 4.32. The molecule has 0 fully saturated rings. The van der Waals surface area contributed by atoms with Gasteiger partial charge in [0.1, 0.15) is 0 Å².